The van der Waals surface area contributed by atoms with Crippen LogP contribution in [0.3, 0.4) is 0 Å². The molecule has 0 saturated carbocycles. The summed E-state index contributed by atoms with van der Waals surface area (Å²) in [5, 5.41) is 18.4. The minimum Gasteiger partial charge on any atom is -0.477 e. The van der Waals surface area contributed by atoms with Gasteiger partial charge >= 0.3 is 5.97 Å². The smallest absolute Gasteiger partial charge is 0.351 e. The number of hydrogen-bond acceptors (Lipinski definition) is 8. The fourth-order valence-corrected chi connectivity index (χ4v) is 3.90. The number of ether oxygens (including phenoxy) is 2. The van der Waals surface area contributed by atoms with Crippen LogP contribution in [0.2, 0.25) is 0 Å². The maximum atomic E-state index is 11.6. The minimum atomic E-state index is -1.08. The molecule has 1 N–H and O–H groups in total. The molecule has 150 valence electrons. The first-order chi connectivity index (χ1) is 14.0. The molecule has 0 aromatic carbocycles. The third-order valence-corrected chi connectivity index (χ3v) is 5.46. The summed E-state index contributed by atoms with van der Waals surface area (Å²) in [5.74, 6) is -0.282. The second kappa shape index (κ2) is 7.64. The predicted octanol–water partition coefficient (Wildman–Crippen LogP) is 3.45. The number of hydrogen-bond donors (Lipinski definition) is 1. The van der Waals surface area contributed by atoms with Crippen LogP contribution in [0.25, 0.3) is 27.2 Å². The van der Waals surface area contributed by atoms with E-state index in [4.69, 9.17) is 14.0 Å². The molecule has 4 rings (SSSR count). The van der Waals surface area contributed by atoms with Crippen molar-refractivity contribution in [2.24, 2.45) is 0 Å². The highest BCUT2D eigenvalue weighted by Gasteiger charge is 2.21. The Morgan fingerprint density at radius 3 is 2.86 bits per heavy atom. The maximum absolute atomic E-state index is 11.6. The number of methoxy groups -OCH3 is 1. The summed E-state index contributed by atoms with van der Waals surface area (Å²) in [6, 6.07) is 3.75. The SMILES string of the molecule is COCCOc1nc(-c2ccn3ncc(-c4c(C)noc4C)c3c2)sc1C(=O)O. The van der Waals surface area contributed by atoms with E-state index in [0.29, 0.717) is 17.4 Å². The molecule has 0 amide bonds. The van der Waals surface area contributed by atoms with Crippen molar-refractivity contribution in [2.75, 3.05) is 20.3 Å². The monoisotopic (exact) mass is 414 g/mol. The molecule has 0 aliphatic heterocycles. The Morgan fingerprint density at radius 1 is 1.34 bits per heavy atom. The first-order valence-corrected chi connectivity index (χ1v) is 9.58. The van der Waals surface area contributed by atoms with Gasteiger partial charge in [0.2, 0.25) is 5.88 Å². The first-order valence-electron chi connectivity index (χ1n) is 8.76. The number of aromatic nitrogens is 4. The van der Waals surface area contributed by atoms with Gasteiger partial charge in [-0.25, -0.2) is 14.3 Å². The first kappa shape index (κ1) is 19.1. The average Bonchev–Trinajstić information content (AvgIpc) is 3.39. The molecule has 10 heteroatoms. The third-order valence-electron chi connectivity index (χ3n) is 4.39. The second-order valence-electron chi connectivity index (χ2n) is 6.30. The number of aromatic carboxylic acids is 1. The molecule has 4 aromatic heterocycles. The van der Waals surface area contributed by atoms with Gasteiger partial charge in [-0.2, -0.15) is 5.10 Å². The van der Waals surface area contributed by atoms with Crippen molar-refractivity contribution in [3.8, 4) is 27.6 Å². The standard InChI is InChI=1S/C19H18N4O5S/c1-10-15(11(2)28-22-10)13-9-20-23-5-4-12(8-14(13)23)18-21-17(27-7-6-26-3)16(29-18)19(24)25/h4-5,8-9H,6-7H2,1-3H3,(H,24,25). The van der Waals surface area contributed by atoms with Crippen LogP contribution in [-0.2, 0) is 4.74 Å². The van der Waals surface area contributed by atoms with E-state index in [9.17, 15) is 9.90 Å². The Balaban J connectivity index is 1.78. The van der Waals surface area contributed by atoms with Crippen LogP contribution in [0.5, 0.6) is 5.88 Å². The van der Waals surface area contributed by atoms with Gasteiger partial charge in [0, 0.05) is 24.4 Å². The number of carboxylic acids is 1. The van der Waals surface area contributed by atoms with Crippen molar-refractivity contribution in [1.29, 1.82) is 0 Å². The summed E-state index contributed by atoms with van der Waals surface area (Å²) in [6.45, 7) is 4.29. The molecular formula is C19H18N4O5S. The normalized spacial score (nSPS) is 11.3. The molecular weight excluding hydrogens is 396 g/mol. The maximum Gasteiger partial charge on any atom is 0.351 e. The van der Waals surface area contributed by atoms with Crippen molar-refractivity contribution >= 4 is 22.8 Å². The number of pyridine rings is 1. The van der Waals surface area contributed by atoms with Crippen molar-refractivity contribution in [3.05, 3.63) is 40.9 Å². The van der Waals surface area contributed by atoms with Crippen LogP contribution in [0, 0.1) is 13.8 Å². The van der Waals surface area contributed by atoms with Gasteiger partial charge in [0.25, 0.3) is 0 Å². The molecule has 0 unspecified atom stereocenters. The Bertz CT molecular complexity index is 1170. The lowest BCUT2D eigenvalue weighted by Gasteiger charge is -2.02. The molecule has 0 bridgehead atoms. The Kier molecular flexibility index (Phi) is 5.03. The lowest BCUT2D eigenvalue weighted by molar-refractivity contribution is 0.0694. The van der Waals surface area contributed by atoms with Gasteiger partial charge in [0.05, 0.1) is 29.6 Å². The van der Waals surface area contributed by atoms with Crippen molar-refractivity contribution in [3.63, 3.8) is 0 Å². The van der Waals surface area contributed by atoms with E-state index >= 15 is 0 Å². The highest BCUT2D eigenvalue weighted by atomic mass is 32.1. The van der Waals surface area contributed by atoms with Crippen molar-refractivity contribution < 1.29 is 23.9 Å². The molecule has 0 spiro atoms. The Hall–Kier alpha value is -3.24. The molecule has 4 aromatic rings. The fraction of sp³-hybridized carbons (Fsp3) is 0.263. The lowest BCUT2D eigenvalue weighted by Crippen LogP contribution is -2.07. The number of fused-ring (bicyclic) bond motifs is 1. The highest BCUT2D eigenvalue weighted by molar-refractivity contribution is 7.17. The quantitative estimate of drug-likeness (QED) is 0.458. The van der Waals surface area contributed by atoms with Crippen LogP contribution in [0.1, 0.15) is 21.1 Å². The van der Waals surface area contributed by atoms with Crippen molar-refractivity contribution in [2.45, 2.75) is 13.8 Å². The van der Waals surface area contributed by atoms with E-state index in [1.807, 2.05) is 26.0 Å². The van der Waals surface area contributed by atoms with E-state index in [1.54, 1.807) is 24.0 Å². The molecule has 0 saturated heterocycles. The fourth-order valence-electron chi connectivity index (χ4n) is 3.06. The summed E-state index contributed by atoms with van der Waals surface area (Å²) in [6.07, 6.45) is 3.56. The van der Waals surface area contributed by atoms with Crippen LogP contribution in [0.4, 0.5) is 0 Å². The molecule has 0 aliphatic carbocycles. The zero-order valence-corrected chi connectivity index (χ0v) is 16.8. The lowest BCUT2D eigenvalue weighted by atomic mass is 10.1. The Labute approximate surface area is 169 Å². The highest BCUT2D eigenvalue weighted by Crippen LogP contribution is 2.36. The van der Waals surface area contributed by atoms with Gasteiger partial charge in [0.15, 0.2) is 4.88 Å². The number of carboxylic acid groups (broad SMARTS) is 1. The van der Waals surface area contributed by atoms with Gasteiger partial charge in [-0.05, 0) is 26.0 Å². The van der Waals surface area contributed by atoms with E-state index in [1.165, 1.54) is 0 Å². The van der Waals surface area contributed by atoms with Gasteiger partial charge < -0.3 is 19.1 Å². The van der Waals surface area contributed by atoms with Crippen molar-refractivity contribution in [1.82, 2.24) is 19.8 Å². The van der Waals surface area contributed by atoms with Crippen LogP contribution < -0.4 is 4.74 Å². The predicted molar refractivity (Wildman–Crippen MR) is 106 cm³/mol. The van der Waals surface area contributed by atoms with E-state index in [2.05, 4.69) is 15.2 Å². The van der Waals surface area contributed by atoms with Crippen LogP contribution in [0.15, 0.2) is 29.0 Å². The number of nitrogens with zero attached hydrogens (tertiary/aromatic N) is 4. The van der Waals surface area contributed by atoms with Gasteiger partial charge in [-0.3, -0.25) is 0 Å². The molecule has 4 heterocycles. The molecule has 0 atom stereocenters. The number of rotatable bonds is 7. The number of aryl methyl sites for hydroxylation is 2. The largest absolute Gasteiger partial charge is 0.477 e. The molecule has 0 aliphatic rings. The summed E-state index contributed by atoms with van der Waals surface area (Å²) in [4.78, 5) is 16.0. The zero-order chi connectivity index (χ0) is 20.5. The molecule has 0 fully saturated rings. The second-order valence-corrected chi connectivity index (χ2v) is 7.30. The van der Waals surface area contributed by atoms with Gasteiger partial charge in [0.1, 0.15) is 17.4 Å². The summed E-state index contributed by atoms with van der Waals surface area (Å²) < 4.78 is 17.5. The molecule has 9 nitrogen and oxygen atoms in total. The van der Waals surface area contributed by atoms with E-state index < -0.39 is 5.97 Å². The minimum absolute atomic E-state index is 0.0513. The molecule has 29 heavy (non-hydrogen) atoms. The zero-order valence-electron chi connectivity index (χ0n) is 16.0. The topological polar surface area (TPSA) is 112 Å². The van der Waals surface area contributed by atoms with E-state index in [0.717, 1.165) is 39.2 Å². The molecule has 0 radical (unpaired) electrons. The third kappa shape index (κ3) is 3.47. The average molecular weight is 414 g/mol. The Morgan fingerprint density at radius 2 is 2.17 bits per heavy atom. The van der Waals surface area contributed by atoms with E-state index in [-0.39, 0.29) is 17.4 Å². The van der Waals surface area contributed by atoms with Crippen LogP contribution >= 0.6 is 11.3 Å². The van der Waals surface area contributed by atoms with Gasteiger partial charge in [-0.1, -0.05) is 5.16 Å². The number of thiazole rings is 1. The number of carbonyl (C=O) groups is 1. The summed E-state index contributed by atoms with van der Waals surface area (Å²) >= 11 is 1.06. The summed E-state index contributed by atoms with van der Waals surface area (Å²) in [5.41, 5.74) is 4.16. The summed E-state index contributed by atoms with van der Waals surface area (Å²) in [7, 11) is 1.55. The van der Waals surface area contributed by atoms with Gasteiger partial charge in [-0.15, -0.1) is 11.3 Å². The van der Waals surface area contributed by atoms with Crippen LogP contribution in [-0.4, -0.2) is 51.2 Å².